The van der Waals surface area contributed by atoms with Crippen LogP contribution < -0.4 is 0 Å². The van der Waals surface area contributed by atoms with E-state index in [0.29, 0.717) is 11.9 Å². The Labute approximate surface area is 88.8 Å². The first-order valence-electron chi connectivity index (χ1n) is 4.78. The average molecular weight is 216 g/mol. The molecule has 2 atom stereocenters. The van der Waals surface area contributed by atoms with Gasteiger partial charge in [-0.25, -0.2) is 4.79 Å². The van der Waals surface area contributed by atoms with Crippen molar-refractivity contribution < 1.29 is 14.3 Å². The maximum absolute atomic E-state index is 11.0. The van der Waals surface area contributed by atoms with E-state index >= 15 is 0 Å². The second kappa shape index (κ2) is 6.09. The van der Waals surface area contributed by atoms with Crippen molar-refractivity contribution >= 4 is 17.7 Å². The van der Waals surface area contributed by atoms with Crippen LogP contribution in [-0.2, 0) is 14.3 Å². The molecule has 1 saturated heterocycles. The van der Waals surface area contributed by atoms with Crippen molar-refractivity contribution in [2.75, 3.05) is 13.2 Å². The van der Waals surface area contributed by atoms with Crippen LogP contribution in [0.25, 0.3) is 0 Å². The van der Waals surface area contributed by atoms with Gasteiger partial charge in [-0.2, -0.15) is 0 Å². The molecular weight excluding hydrogens is 200 g/mol. The highest BCUT2D eigenvalue weighted by atomic mass is 32.2. The molecule has 0 aliphatic carbocycles. The Hall–Kier alpha value is -0.480. The summed E-state index contributed by atoms with van der Waals surface area (Å²) in [7, 11) is 0. The number of ether oxygens (including phenoxy) is 2. The van der Waals surface area contributed by atoms with Crippen LogP contribution >= 0.6 is 11.8 Å². The standard InChI is InChI=1S/C10H16O3S/c1-3-9(11)13-10-7-12-6-4-5-8(2)14-10/h3,8,10H,1,4-7H2,2H3. The number of carbonyl (C=O) groups excluding carboxylic acids is 1. The first-order valence-corrected chi connectivity index (χ1v) is 5.73. The van der Waals surface area contributed by atoms with E-state index < -0.39 is 0 Å². The zero-order chi connectivity index (χ0) is 10.4. The highest BCUT2D eigenvalue weighted by Crippen LogP contribution is 2.25. The molecule has 1 aliphatic heterocycles. The smallest absolute Gasteiger partial charge is 0.331 e. The number of hydrogen-bond acceptors (Lipinski definition) is 4. The van der Waals surface area contributed by atoms with Crippen LogP contribution in [0.15, 0.2) is 12.7 Å². The van der Waals surface area contributed by atoms with Crippen molar-refractivity contribution in [3.05, 3.63) is 12.7 Å². The van der Waals surface area contributed by atoms with Crippen molar-refractivity contribution in [1.82, 2.24) is 0 Å². The highest BCUT2D eigenvalue weighted by molar-refractivity contribution is 8.00. The number of thioether (sulfide) groups is 1. The molecule has 1 fully saturated rings. The SMILES string of the molecule is C=CC(=O)OC1COCCCC(C)S1. The molecule has 0 aromatic carbocycles. The van der Waals surface area contributed by atoms with E-state index in [-0.39, 0.29) is 11.4 Å². The summed E-state index contributed by atoms with van der Waals surface area (Å²) in [5.41, 5.74) is -0.184. The third-order valence-electron chi connectivity index (χ3n) is 1.95. The van der Waals surface area contributed by atoms with E-state index in [9.17, 15) is 4.79 Å². The molecule has 0 aromatic rings. The number of carbonyl (C=O) groups is 1. The van der Waals surface area contributed by atoms with Crippen molar-refractivity contribution in [2.45, 2.75) is 30.5 Å². The molecule has 0 spiro atoms. The van der Waals surface area contributed by atoms with Gasteiger partial charge in [-0.1, -0.05) is 13.5 Å². The molecule has 0 bridgehead atoms. The first-order chi connectivity index (χ1) is 6.72. The molecule has 3 nitrogen and oxygen atoms in total. The average Bonchev–Trinajstić information content (AvgIpc) is 2.13. The van der Waals surface area contributed by atoms with E-state index in [1.807, 2.05) is 0 Å². The minimum absolute atomic E-state index is 0.184. The quantitative estimate of drug-likeness (QED) is 0.522. The van der Waals surface area contributed by atoms with E-state index in [0.717, 1.165) is 19.4 Å². The van der Waals surface area contributed by atoms with Gasteiger partial charge in [-0.15, -0.1) is 11.8 Å². The summed E-state index contributed by atoms with van der Waals surface area (Å²) in [6.45, 7) is 6.74. The zero-order valence-corrected chi connectivity index (χ0v) is 9.22. The molecule has 0 N–H and O–H groups in total. The van der Waals surface area contributed by atoms with Gasteiger partial charge < -0.3 is 9.47 Å². The molecule has 0 aromatic heterocycles. The predicted molar refractivity (Wildman–Crippen MR) is 57.2 cm³/mol. The van der Waals surface area contributed by atoms with Gasteiger partial charge in [0.1, 0.15) is 0 Å². The second-order valence-electron chi connectivity index (χ2n) is 3.23. The van der Waals surface area contributed by atoms with Crippen molar-refractivity contribution in [3.63, 3.8) is 0 Å². The van der Waals surface area contributed by atoms with Gasteiger partial charge >= 0.3 is 5.97 Å². The zero-order valence-electron chi connectivity index (χ0n) is 8.40. The first kappa shape index (κ1) is 11.6. The van der Waals surface area contributed by atoms with Crippen LogP contribution in [0.1, 0.15) is 19.8 Å². The van der Waals surface area contributed by atoms with Gasteiger partial charge in [-0.05, 0) is 12.8 Å². The Kier molecular flexibility index (Phi) is 5.04. The normalized spacial score (nSPS) is 28.6. The number of hydrogen-bond donors (Lipinski definition) is 0. The lowest BCUT2D eigenvalue weighted by atomic mass is 10.2. The van der Waals surface area contributed by atoms with Crippen LogP contribution in [0.2, 0.25) is 0 Å². The Morgan fingerprint density at radius 2 is 2.50 bits per heavy atom. The molecule has 1 aliphatic rings. The van der Waals surface area contributed by atoms with Gasteiger partial charge in [0, 0.05) is 17.9 Å². The number of esters is 1. The molecule has 80 valence electrons. The predicted octanol–water partition coefficient (Wildman–Crippen LogP) is 1.97. The Morgan fingerprint density at radius 1 is 1.71 bits per heavy atom. The largest absolute Gasteiger partial charge is 0.446 e. The van der Waals surface area contributed by atoms with Crippen LogP contribution in [0, 0.1) is 0 Å². The summed E-state index contributed by atoms with van der Waals surface area (Å²) in [4.78, 5) is 11.0. The maximum atomic E-state index is 11.0. The lowest BCUT2D eigenvalue weighted by Crippen LogP contribution is -2.24. The van der Waals surface area contributed by atoms with Crippen molar-refractivity contribution in [2.24, 2.45) is 0 Å². The van der Waals surface area contributed by atoms with E-state index in [1.54, 1.807) is 11.8 Å². The summed E-state index contributed by atoms with van der Waals surface area (Å²) in [5.74, 6) is -0.376. The van der Waals surface area contributed by atoms with Crippen LogP contribution in [0.4, 0.5) is 0 Å². The van der Waals surface area contributed by atoms with Crippen molar-refractivity contribution in [3.8, 4) is 0 Å². The lowest BCUT2D eigenvalue weighted by molar-refractivity contribution is -0.141. The summed E-state index contributed by atoms with van der Waals surface area (Å²) >= 11 is 1.65. The third kappa shape index (κ3) is 4.15. The molecule has 4 heteroatoms. The van der Waals surface area contributed by atoms with Gasteiger partial charge in [-0.3, -0.25) is 0 Å². The number of rotatable bonds is 2. The maximum Gasteiger partial charge on any atom is 0.331 e. The topological polar surface area (TPSA) is 35.5 Å². The van der Waals surface area contributed by atoms with E-state index in [4.69, 9.17) is 9.47 Å². The summed E-state index contributed by atoms with van der Waals surface area (Å²) < 4.78 is 10.5. The molecule has 14 heavy (non-hydrogen) atoms. The Morgan fingerprint density at radius 3 is 3.21 bits per heavy atom. The van der Waals surface area contributed by atoms with Crippen LogP contribution in [-0.4, -0.2) is 29.9 Å². The molecular formula is C10H16O3S. The van der Waals surface area contributed by atoms with Crippen LogP contribution in [0.3, 0.4) is 0 Å². The fourth-order valence-corrected chi connectivity index (χ4v) is 2.40. The Balaban J connectivity index is 2.39. The summed E-state index contributed by atoms with van der Waals surface area (Å²) in [5, 5.41) is 0.515. The van der Waals surface area contributed by atoms with Gasteiger partial charge in [0.05, 0.1) is 6.61 Å². The van der Waals surface area contributed by atoms with Gasteiger partial charge in [0.25, 0.3) is 0 Å². The molecule has 1 heterocycles. The lowest BCUT2D eigenvalue weighted by Gasteiger charge is -2.23. The van der Waals surface area contributed by atoms with E-state index in [1.165, 1.54) is 6.08 Å². The molecule has 0 saturated carbocycles. The Bertz CT molecular complexity index is 206. The van der Waals surface area contributed by atoms with Gasteiger partial charge in [0.2, 0.25) is 0 Å². The monoisotopic (exact) mass is 216 g/mol. The minimum atomic E-state index is -0.376. The highest BCUT2D eigenvalue weighted by Gasteiger charge is 2.19. The summed E-state index contributed by atoms with van der Waals surface area (Å²) in [6, 6.07) is 0. The second-order valence-corrected chi connectivity index (χ2v) is 4.84. The minimum Gasteiger partial charge on any atom is -0.446 e. The van der Waals surface area contributed by atoms with Crippen LogP contribution in [0.5, 0.6) is 0 Å². The molecule has 2 unspecified atom stereocenters. The van der Waals surface area contributed by atoms with Gasteiger partial charge in [0.15, 0.2) is 5.44 Å². The van der Waals surface area contributed by atoms with Crippen molar-refractivity contribution in [1.29, 1.82) is 0 Å². The summed E-state index contributed by atoms with van der Waals surface area (Å²) in [6.07, 6.45) is 3.37. The fraction of sp³-hybridized carbons (Fsp3) is 0.700. The third-order valence-corrected chi connectivity index (χ3v) is 3.19. The fourth-order valence-electron chi connectivity index (χ4n) is 1.26. The molecule has 0 amide bonds. The van der Waals surface area contributed by atoms with E-state index in [2.05, 4.69) is 13.5 Å². The molecule has 1 rings (SSSR count). The molecule has 0 radical (unpaired) electrons.